The van der Waals surface area contributed by atoms with Crippen molar-refractivity contribution in [2.45, 2.75) is 13.5 Å². The number of hydrogen-bond acceptors (Lipinski definition) is 3. The van der Waals surface area contributed by atoms with Crippen molar-refractivity contribution in [3.63, 3.8) is 0 Å². The summed E-state index contributed by atoms with van der Waals surface area (Å²) in [5, 5.41) is 2.62. The van der Waals surface area contributed by atoms with Crippen LogP contribution in [0.25, 0.3) is 0 Å². The molecule has 0 spiro atoms. The Bertz CT molecular complexity index is 399. The lowest BCUT2D eigenvalue weighted by atomic mass is 10.1. The zero-order valence-electron chi connectivity index (χ0n) is 10.0. The highest BCUT2D eigenvalue weighted by Crippen LogP contribution is 2.19. The van der Waals surface area contributed by atoms with Crippen LogP contribution in [0.15, 0.2) is 24.3 Å². The highest BCUT2D eigenvalue weighted by molar-refractivity contribution is 5.96. The summed E-state index contributed by atoms with van der Waals surface area (Å²) in [4.78, 5) is 11.8. The lowest BCUT2D eigenvalue weighted by Crippen LogP contribution is -2.31. The molecule has 0 heterocycles. The van der Waals surface area contributed by atoms with E-state index < -0.39 is 12.5 Å². The molecule has 0 saturated heterocycles. The first-order chi connectivity index (χ1) is 8.54. The van der Waals surface area contributed by atoms with Gasteiger partial charge in [-0.3, -0.25) is 4.79 Å². The van der Waals surface area contributed by atoms with E-state index in [-0.39, 0.29) is 17.2 Å². The van der Waals surface area contributed by atoms with E-state index in [1.54, 1.807) is 6.07 Å². The second-order valence-electron chi connectivity index (χ2n) is 3.93. The van der Waals surface area contributed by atoms with E-state index in [1.807, 2.05) is 6.92 Å². The highest BCUT2D eigenvalue weighted by Gasteiger charge is 2.15. The Morgan fingerprint density at radius 2 is 2.11 bits per heavy atom. The number of rotatable bonds is 6. The third-order valence-electron chi connectivity index (χ3n) is 2.36. The van der Waals surface area contributed by atoms with Crippen LogP contribution in [-0.2, 0) is 0 Å². The minimum absolute atomic E-state index is 0.0852. The number of alkyl halides is 2. The molecule has 0 aliphatic heterocycles. The van der Waals surface area contributed by atoms with Crippen molar-refractivity contribution in [1.82, 2.24) is 5.32 Å². The molecule has 1 amide bonds. The second kappa shape index (κ2) is 6.90. The Kier molecular flexibility index (Phi) is 5.51. The molecule has 4 nitrogen and oxygen atoms in total. The topological polar surface area (TPSA) is 64.3 Å². The van der Waals surface area contributed by atoms with Crippen molar-refractivity contribution >= 4 is 5.91 Å². The average molecular weight is 258 g/mol. The van der Waals surface area contributed by atoms with Crippen LogP contribution in [0.3, 0.4) is 0 Å². The molecule has 18 heavy (non-hydrogen) atoms. The fourth-order valence-electron chi connectivity index (χ4n) is 1.30. The first-order valence-electron chi connectivity index (χ1n) is 5.56. The van der Waals surface area contributed by atoms with Crippen molar-refractivity contribution < 1.29 is 18.3 Å². The lowest BCUT2D eigenvalue weighted by molar-refractivity contribution is -0.0501. The summed E-state index contributed by atoms with van der Waals surface area (Å²) < 4.78 is 28.6. The monoisotopic (exact) mass is 258 g/mol. The molecule has 6 heteroatoms. The summed E-state index contributed by atoms with van der Waals surface area (Å²) in [6.07, 6.45) is 0. The van der Waals surface area contributed by atoms with Gasteiger partial charge in [-0.25, -0.2) is 0 Å². The van der Waals surface area contributed by atoms with Gasteiger partial charge in [0.15, 0.2) is 0 Å². The Balaban J connectivity index is 2.72. The summed E-state index contributed by atoms with van der Waals surface area (Å²) in [5.74, 6) is -0.464. The van der Waals surface area contributed by atoms with Gasteiger partial charge in [0, 0.05) is 6.54 Å². The third kappa shape index (κ3) is 4.29. The van der Waals surface area contributed by atoms with E-state index >= 15 is 0 Å². The van der Waals surface area contributed by atoms with Crippen LogP contribution < -0.4 is 15.8 Å². The summed E-state index contributed by atoms with van der Waals surface area (Å²) in [5.41, 5.74) is 5.50. The van der Waals surface area contributed by atoms with Crippen LogP contribution in [0.4, 0.5) is 8.78 Å². The smallest absolute Gasteiger partial charge is 0.387 e. The molecule has 1 rings (SSSR count). The van der Waals surface area contributed by atoms with Crippen molar-refractivity contribution in [2.75, 3.05) is 13.1 Å². The molecule has 1 unspecified atom stereocenters. The minimum atomic E-state index is -2.96. The first kappa shape index (κ1) is 14.4. The molecule has 0 saturated carbocycles. The molecule has 0 bridgehead atoms. The summed E-state index contributed by atoms with van der Waals surface area (Å²) in [6.45, 7) is -0.253. The number of amides is 1. The zero-order chi connectivity index (χ0) is 13.5. The van der Waals surface area contributed by atoms with Gasteiger partial charge in [-0.2, -0.15) is 8.78 Å². The molecule has 0 aliphatic carbocycles. The number of carbonyl (C=O) groups is 1. The maximum absolute atomic E-state index is 12.2. The van der Waals surface area contributed by atoms with Gasteiger partial charge in [-0.05, 0) is 24.6 Å². The van der Waals surface area contributed by atoms with Crippen LogP contribution in [-0.4, -0.2) is 25.6 Å². The number of nitrogens with two attached hydrogens (primary N) is 1. The van der Waals surface area contributed by atoms with Crippen molar-refractivity contribution in [3.8, 4) is 5.75 Å². The van der Waals surface area contributed by atoms with Gasteiger partial charge in [0.1, 0.15) is 5.75 Å². The fourth-order valence-corrected chi connectivity index (χ4v) is 1.30. The number of ether oxygens (including phenoxy) is 1. The van der Waals surface area contributed by atoms with Gasteiger partial charge in [0.05, 0.1) is 5.56 Å². The van der Waals surface area contributed by atoms with Crippen LogP contribution >= 0.6 is 0 Å². The van der Waals surface area contributed by atoms with Crippen molar-refractivity contribution in [2.24, 2.45) is 11.7 Å². The summed E-state index contributed by atoms with van der Waals surface area (Å²) in [7, 11) is 0. The number of halogens is 2. The predicted octanol–water partition coefficient (Wildman–Crippen LogP) is 1.61. The zero-order valence-corrected chi connectivity index (χ0v) is 10.0. The molecule has 100 valence electrons. The van der Waals surface area contributed by atoms with Gasteiger partial charge in [0.2, 0.25) is 0 Å². The van der Waals surface area contributed by atoms with Gasteiger partial charge in [-0.1, -0.05) is 19.1 Å². The van der Waals surface area contributed by atoms with Crippen LogP contribution in [0.5, 0.6) is 5.75 Å². The molecular weight excluding hydrogens is 242 g/mol. The van der Waals surface area contributed by atoms with Crippen LogP contribution in [0.1, 0.15) is 17.3 Å². The number of nitrogens with one attached hydrogen (secondary N) is 1. The lowest BCUT2D eigenvalue weighted by Gasteiger charge is -2.13. The van der Waals surface area contributed by atoms with Gasteiger partial charge >= 0.3 is 6.61 Å². The first-order valence-corrected chi connectivity index (χ1v) is 5.56. The third-order valence-corrected chi connectivity index (χ3v) is 2.36. The van der Waals surface area contributed by atoms with Crippen molar-refractivity contribution in [1.29, 1.82) is 0 Å². The van der Waals surface area contributed by atoms with E-state index in [4.69, 9.17) is 5.73 Å². The molecule has 3 N–H and O–H groups in total. The van der Waals surface area contributed by atoms with E-state index in [9.17, 15) is 13.6 Å². The molecule has 0 aromatic heterocycles. The fraction of sp³-hybridized carbons (Fsp3) is 0.417. The Morgan fingerprint density at radius 1 is 1.44 bits per heavy atom. The molecule has 0 fully saturated rings. The maximum atomic E-state index is 12.2. The second-order valence-corrected chi connectivity index (χ2v) is 3.93. The van der Waals surface area contributed by atoms with Gasteiger partial charge in [0.25, 0.3) is 5.91 Å². The molecular formula is C12H16F2N2O2. The largest absolute Gasteiger partial charge is 0.434 e. The highest BCUT2D eigenvalue weighted by atomic mass is 19.3. The normalized spacial score (nSPS) is 12.3. The number of carbonyl (C=O) groups excluding carboxylic acids is 1. The quantitative estimate of drug-likeness (QED) is 0.814. The SMILES string of the molecule is CC(CN)CNC(=O)c1ccccc1OC(F)F. The number of para-hydroxylation sites is 1. The Hall–Kier alpha value is -1.69. The molecule has 0 aliphatic rings. The van der Waals surface area contributed by atoms with E-state index in [2.05, 4.69) is 10.1 Å². The Morgan fingerprint density at radius 3 is 2.72 bits per heavy atom. The van der Waals surface area contributed by atoms with Gasteiger partial charge < -0.3 is 15.8 Å². The molecule has 0 radical (unpaired) electrons. The van der Waals surface area contributed by atoms with Crippen LogP contribution in [0.2, 0.25) is 0 Å². The standard InChI is InChI=1S/C12H16F2N2O2/c1-8(6-15)7-16-11(17)9-4-2-3-5-10(9)18-12(13)14/h2-5,8,12H,6-7,15H2,1H3,(H,16,17). The predicted molar refractivity (Wildman–Crippen MR) is 63.6 cm³/mol. The minimum Gasteiger partial charge on any atom is -0.434 e. The Labute approximate surface area is 104 Å². The van der Waals surface area contributed by atoms with E-state index in [0.717, 1.165) is 0 Å². The summed E-state index contributed by atoms with van der Waals surface area (Å²) >= 11 is 0. The van der Waals surface area contributed by atoms with Crippen LogP contribution in [0, 0.1) is 5.92 Å². The summed E-state index contributed by atoms with van der Waals surface area (Å²) in [6, 6.07) is 5.87. The number of benzene rings is 1. The van der Waals surface area contributed by atoms with E-state index in [0.29, 0.717) is 13.1 Å². The molecule has 1 atom stereocenters. The molecule has 1 aromatic rings. The van der Waals surface area contributed by atoms with E-state index in [1.165, 1.54) is 18.2 Å². The van der Waals surface area contributed by atoms with Crippen molar-refractivity contribution in [3.05, 3.63) is 29.8 Å². The molecule has 1 aromatic carbocycles. The average Bonchev–Trinajstić information content (AvgIpc) is 2.35. The number of hydrogen-bond donors (Lipinski definition) is 2. The maximum Gasteiger partial charge on any atom is 0.387 e. The van der Waals surface area contributed by atoms with Gasteiger partial charge in [-0.15, -0.1) is 0 Å².